The lowest BCUT2D eigenvalue weighted by Gasteiger charge is -2.32. The second kappa shape index (κ2) is 8.10. The first-order valence-electron chi connectivity index (χ1n) is 6.88. The van der Waals surface area contributed by atoms with Crippen LogP contribution >= 0.6 is 0 Å². The lowest BCUT2D eigenvalue weighted by atomic mass is 10.1. The van der Waals surface area contributed by atoms with Crippen molar-refractivity contribution in [1.82, 2.24) is 9.80 Å². The summed E-state index contributed by atoms with van der Waals surface area (Å²) in [6.45, 7) is 3.23. The molecule has 1 aliphatic heterocycles. The Labute approximate surface area is 137 Å². The molecule has 7 heteroatoms. The van der Waals surface area contributed by atoms with Crippen LogP contribution in [-0.2, 0) is 0 Å². The molecule has 0 atom stereocenters. The lowest BCUT2D eigenvalue weighted by molar-refractivity contribution is -0.0000157. The van der Waals surface area contributed by atoms with Crippen LogP contribution in [0, 0.1) is 0 Å². The monoisotopic (exact) mass is 329 g/mol. The number of ether oxygens (including phenoxy) is 3. The maximum Gasteiger partial charge on any atom is 0.254 e. The predicted octanol–water partition coefficient (Wildman–Crippen LogP) is -1.90. The fourth-order valence-electron chi connectivity index (χ4n) is 2.40. The van der Waals surface area contributed by atoms with Gasteiger partial charge in [0.05, 0.1) is 21.3 Å². The van der Waals surface area contributed by atoms with E-state index in [1.807, 2.05) is 4.90 Å². The average Bonchev–Trinajstić information content (AvgIpc) is 2.53. The van der Waals surface area contributed by atoms with Gasteiger partial charge in [-0.15, -0.1) is 0 Å². The molecule has 1 aromatic carbocycles. The van der Waals surface area contributed by atoms with Gasteiger partial charge in [0.15, 0.2) is 11.5 Å². The zero-order chi connectivity index (χ0) is 15.4. The van der Waals surface area contributed by atoms with Gasteiger partial charge in [0, 0.05) is 31.7 Å². The minimum atomic E-state index is -0.0117. The summed E-state index contributed by atoms with van der Waals surface area (Å²) < 4.78 is 15.9. The molecule has 1 fully saturated rings. The standard InChI is InChI=1S/C15H22N2O4.ClH/c1-16-5-7-17(8-6-16)15(18)11-9-12(19-2)14(21-4)13(10-11)20-3;/h9-10H,5-8H2,1-4H3;1H/p-1. The van der Waals surface area contributed by atoms with E-state index in [2.05, 4.69) is 11.9 Å². The third kappa shape index (κ3) is 3.75. The Morgan fingerprint density at radius 2 is 1.45 bits per heavy atom. The second-order valence-electron chi connectivity index (χ2n) is 5.01. The van der Waals surface area contributed by atoms with Crippen molar-refractivity contribution in [3.05, 3.63) is 17.7 Å². The van der Waals surface area contributed by atoms with E-state index in [-0.39, 0.29) is 18.3 Å². The third-order valence-electron chi connectivity index (χ3n) is 3.70. The number of amides is 1. The molecule has 0 unspecified atom stereocenters. The molecule has 2 rings (SSSR count). The van der Waals surface area contributed by atoms with Crippen LogP contribution in [0.3, 0.4) is 0 Å². The molecule has 0 aliphatic carbocycles. The van der Waals surface area contributed by atoms with Gasteiger partial charge >= 0.3 is 0 Å². The molecule has 0 saturated carbocycles. The molecule has 0 aromatic heterocycles. The zero-order valence-electron chi connectivity index (χ0n) is 13.4. The van der Waals surface area contributed by atoms with Crippen LogP contribution < -0.4 is 26.6 Å². The Morgan fingerprint density at radius 3 is 1.86 bits per heavy atom. The Balaban J connectivity index is 0.00000242. The molecule has 22 heavy (non-hydrogen) atoms. The summed E-state index contributed by atoms with van der Waals surface area (Å²) in [6.07, 6.45) is 0. The maximum absolute atomic E-state index is 12.6. The van der Waals surface area contributed by atoms with Crippen LogP contribution in [0.4, 0.5) is 0 Å². The number of piperazine rings is 1. The largest absolute Gasteiger partial charge is 1.00 e. The summed E-state index contributed by atoms with van der Waals surface area (Å²) in [5.74, 6) is 1.47. The number of carbonyl (C=O) groups is 1. The number of methoxy groups -OCH3 is 3. The Kier molecular flexibility index (Phi) is 6.77. The fraction of sp³-hybridized carbons (Fsp3) is 0.533. The summed E-state index contributed by atoms with van der Waals surface area (Å²) in [4.78, 5) is 16.7. The highest BCUT2D eigenvalue weighted by atomic mass is 35.5. The number of nitrogens with zero attached hydrogens (tertiary/aromatic N) is 2. The third-order valence-corrected chi connectivity index (χ3v) is 3.70. The normalized spacial score (nSPS) is 15.0. The summed E-state index contributed by atoms with van der Waals surface area (Å²) >= 11 is 0. The summed E-state index contributed by atoms with van der Waals surface area (Å²) in [5, 5.41) is 0. The molecular formula is C15H22ClN2O4-. The summed E-state index contributed by atoms with van der Waals surface area (Å²) in [5.41, 5.74) is 0.550. The topological polar surface area (TPSA) is 51.2 Å². The number of likely N-dealkylation sites (N-methyl/N-ethyl adjacent to an activating group) is 1. The average molecular weight is 330 g/mol. The van der Waals surface area contributed by atoms with Crippen molar-refractivity contribution in [1.29, 1.82) is 0 Å². The molecule has 6 nitrogen and oxygen atoms in total. The van der Waals surface area contributed by atoms with Crippen LogP contribution in [-0.4, -0.2) is 70.3 Å². The number of hydrogen-bond acceptors (Lipinski definition) is 5. The minimum absolute atomic E-state index is 0. The predicted molar refractivity (Wildman–Crippen MR) is 79.5 cm³/mol. The van der Waals surface area contributed by atoms with E-state index in [1.165, 1.54) is 0 Å². The lowest BCUT2D eigenvalue weighted by Crippen LogP contribution is -3.00. The zero-order valence-corrected chi connectivity index (χ0v) is 14.1. The van der Waals surface area contributed by atoms with Crippen molar-refractivity contribution < 1.29 is 31.4 Å². The van der Waals surface area contributed by atoms with Crippen molar-refractivity contribution in [3.8, 4) is 17.2 Å². The molecule has 0 N–H and O–H groups in total. The van der Waals surface area contributed by atoms with Gasteiger partial charge in [-0.05, 0) is 19.2 Å². The van der Waals surface area contributed by atoms with E-state index in [4.69, 9.17) is 14.2 Å². The number of rotatable bonds is 4. The molecule has 0 bridgehead atoms. The van der Waals surface area contributed by atoms with Gasteiger partial charge < -0.3 is 36.4 Å². The van der Waals surface area contributed by atoms with Crippen molar-refractivity contribution in [2.24, 2.45) is 0 Å². The molecule has 1 heterocycles. The van der Waals surface area contributed by atoms with E-state index < -0.39 is 0 Å². The van der Waals surface area contributed by atoms with Gasteiger partial charge in [0.1, 0.15) is 0 Å². The van der Waals surface area contributed by atoms with Gasteiger partial charge in [-0.3, -0.25) is 4.79 Å². The molecule has 124 valence electrons. The van der Waals surface area contributed by atoms with E-state index in [0.717, 1.165) is 26.2 Å². The molecule has 0 radical (unpaired) electrons. The second-order valence-corrected chi connectivity index (χ2v) is 5.01. The van der Waals surface area contributed by atoms with Crippen molar-refractivity contribution in [2.45, 2.75) is 0 Å². The SMILES string of the molecule is COc1cc(C(=O)N2CCN(C)CC2)cc(OC)c1OC.[Cl-]. The Morgan fingerprint density at radius 1 is 0.955 bits per heavy atom. The number of hydrogen-bond donors (Lipinski definition) is 0. The molecule has 0 spiro atoms. The highest BCUT2D eigenvalue weighted by molar-refractivity contribution is 5.95. The van der Waals surface area contributed by atoms with Crippen molar-refractivity contribution >= 4 is 5.91 Å². The van der Waals surface area contributed by atoms with E-state index in [0.29, 0.717) is 22.8 Å². The van der Waals surface area contributed by atoms with Gasteiger partial charge in [-0.1, -0.05) is 0 Å². The smallest absolute Gasteiger partial charge is 0.254 e. The van der Waals surface area contributed by atoms with Crippen molar-refractivity contribution in [3.63, 3.8) is 0 Å². The van der Waals surface area contributed by atoms with Gasteiger partial charge in [0.2, 0.25) is 5.75 Å². The number of benzene rings is 1. The molecule has 1 aromatic rings. The molecule has 1 amide bonds. The van der Waals surface area contributed by atoms with Crippen LogP contribution in [0.2, 0.25) is 0 Å². The Bertz CT molecular complexity index is 491. The molecular weight excluding hydrogens is 308 g/mol. The highest BCUT2D eigenvalue weighted by Gasteiger charge is 2.23. The first kappa shape index (κ1) is 18.4. The van der Waals surface area contributed by atoms with E-state index in [9.17, 15) is 4.79 Å². The van der Waals surface area contributed by atoms with Gasteiger partial charge in [-0.2, -0.15) is 0 Å². The molecule has 1 aliphatic rings. The number of halogens is 1. The molecule has 1 saturated heterocycles. The van der Waals surface area contributed by atoms with Gasteiger partial charge in [-0.25, -0.2) is 0 Å². The van der Waals surface area contributed by atoms with Crippen LogP contribution in [0.15, 0.2) is 12.1 Å². The first-order chi connectivity index (χ1) is 10.1. The highest BCUT2D eigenvalue weighted by Crippen LogP contribution is 2.38. The Hall–Kier alpha value is -1.66. The van der Waals surface area contributed by atoms with Crippen LogP contribution in [0.1, 0.15) is 10.4 Å². The summed E-state index contributed by atoms with van der Waals surface area (Å²) in [7, 11) is 6.69. The quantitative estimate of drug-likeness (QED) is 0.646. The van der Waals surface area contributed by atoms with Crippen molar-refractivity contribution in [2.75, 3.05) is 54.6 Å². The van der Waals surface area contributed by atoms with E-state index in [1.54, 1.807) is 33.5 Å². The number of carbonyl (C=O) groups excluding carboxylic acids is 1. The van der Waals surface area contributed by atoms with E-state index >= 15 is 0 Å². The maximum atomic E-state index is 12.6. The first-order valence-corrected chi connectivity index (χ1v) is 6.88. The van der Waals surface area contributed by atoms with Crippen LogP contribution in [0.5, 0.6) is 17.2 Å². The van der Waals surface area contributed by atoms with Gasteiger partial charge in [0.25, 0.3) is 5.91 Å². The van der Waals surface area contributed by atoms with Crippen LogP contribution in [0.25, 0.3) is 0 Å². The fourth-order valence-corrected chi connectivity index (χ4v) is 2.40. The summed E-state index contributed by atoms with van der Waals surface area (Å²) in [6, 6.07) is 3.39. The minimum Gasteiger partial charge on any atom is -1.00 e.